The highest BCUT2D eigenvalue weighted by molar-refractivity contribution is 8.00. The third-order valence-corrected chi connectivity index (χ3v) is 5.59. The van der Waals surface area contributed by atoms with Crippen LogP contribution in [-0.4, -0.2) is 45.3 Å². The molecule has 7 nitrogen and oxygen atoms in total. The summed E-state index contributed by atoms with van der Waals surface area (Å²) in [6.45, 7) is 5.21. The summed E-state index contributed by atoms with van der Waals surface area (Å²) in [4.78, 5) is 41.9. The van der Waals surface area contributed by atoms with Gasteiger partial charge in [-0.2, -0.15) is 5.10 Å². The maximum Gasteiger partial charge on any atom is 0.292 e. The molecule has 1 aromatic carbocycles. The van der Waals surface area contributed by atoms with Crippen molar-refractivity contribution in [1.82, 2.24) is 14.7 Å². The van der Waals surface area contributed by atoms with E-state index < -0.39 is 5.56 Å². The third-order valence-electron chi connectivity index (χ3n) is 4.59. The Labute approximate surface area is 168 Å². The minimum atomic E-state index is -0.393. The first-order chi connectivity index (χ1) is 13.5. The van der Waals surface area contributed by atoms with E-state index in [4.69, 9.17) is 0 Å². The summed E-state index contributed by atoms with van der Waals surface area (Å²) in [5.74, 6) is 0.0371. The highest BCUT2D eigenvalue weighted by Gasteiger charge is 2.28. The van der Waals surface area contributed by atoms with Gasteiger partial charge in [0.25, 0.3) is 5.56 Å². The second-order valence-electron chi connectivity index (χ2n) is 6.55. The minimum absolute atomic E-state index is 0.0835. The van der Waals surface area contributed by atoms with Crippen LogP contribution >= 0.6 is 11.8 Å². The van der Waals surface area contributed by atoms with Gasteiger partial charge in [-0.15, -0.1) is 11.8 Å². The first-order valence-corrected chi connectivity index (χ1v) is 10.4. The van der Waals surface area contributed by atoms with Crippen LogP contribution in [0.15, 0.2) is 46.2 Å². The summed E-state index contributed by atoms with van der Waals surface area (Å²) in [6.07, 6.45) is 2.33. The lowest BCUT2D eigenvalue weighted by atomic mass is 10.2. The molecule has 0 radical (unpaired) electrons. The number of aromatic nitrogens is 2. The highest BCUT2D eigenvalue weighted by atomic mass is 32.2. The molecule has 0 saturated carbocycles. The molecule has 28 heavy (non-hydrogen) atoms. The van der Waals surface area contributed by atoms with Crippen molar-refractivity contribution >= 4 is 29.3 Å². The fourth-order valence-corrected chi connectivity index (χ4v) is 4.03. The molecule has 3 rings (SSSR count). The number of amides is 2. The molecule has 2 amide bonds. The van der Waals surface area contributed by atoms with Gasteiger partial charge >= 0.3 is 0 Å². The Balaban J connectivity index is 1.83. The zero-order chi connectivity index (χ0) is 20.1. The predicted octanol–water partition coefficient (Wildman–Crippen LogP) is 2.14. The SMILES string of the molecule is CCCN1C(=O)CSc2cnn(CC(=O)N(CC)Cc3ccccc3)c(=O)c21. The molecule has 148 valence electrons. The number of rotatable bonds is 7. The van der Waals surface area contributed by atoms with E-state index in [-0.39, 0.29) is 18.4 Å². The van der Waals surface area contributed by atoms with Crippen molar-refractivity contribution in [3.05, 3.63) is 52.4 Å². The van der Waals surface area contributed by atoms with Crippen LogP contribution in [0.3, 0.4) is 0 Å². The number of nitrogens with zero attached hydrogens (tertiary/aromatic N) is 4. The van der Waals surface area contributed by atoms with Gasteiger partial charge in [0, 0.05) is 19.6 Å². The van der Waals surface area contributed by atoms with Gasteiger partial charge in [-0.3, -0.25) is 14.4 Å². The molecular weight excluding hydrogens is 376 g/mol. The minimum Gasteiger partial charge on any atom is -0.337 e. The van der Waals surface area contributed by atoms with Crippen LogP contribution in [0.4, 0.5) is 5.69 Å². The van der Waals surface area contributed by atoms with Crippen molar-refractivity contribution in [1.29, 1.82) is 0 Å². The Kier molecular flexibility index (Phi) is 6.51. The van der Waals surface area contributed by atoms with Crippen LogP contribution in [0.1, 0.15) is 25.8 Å². The average Bonchev–Trinajstić information content (AvgIpc) is 2.71. The summed E-state index contributed by atoms with van der Waals surface area (Å²) in [6, 6.07) is 9.72. The van der Waals surface area contributed by atoms with E-state index in [2.05, 4.69) is 5.10 Å². The lowest BCUT2D eigenvalue weighted by molar-refractivity contribution is -0.132. The molecule has 0 spiro atoms. The van der Waals surface area contributed by atoms with Crippen LogP contribution in [0.2, 0.25) is 0 Å². The molecule has 2 aromatic rings. The molecule has 0 unspecified atom stereocenters. The predicted molar refractivity (Wildman–Crippen MR) is 109 cm³/mol. The molecule has 1 aromatic heterocycles. The zero-order valence-corrected chi connectivity index (χ0v) is 16.9. The molecule has 0 N–H and O–H groups in total. The van der Waals surface area contributed by atoms with Gasteiger partial charge in [0.05, 0.1) is 16.8 Å². The summed E-state index contributed by atoms with van der Waals surface area (Å²) < 4.78 is 1.16. The normalized spacial score (nSPS) is 13.4. The monoisotopic (exact) mass is 400 g/mol. The Morgan fingerprint density at radius 1 is 1.21 bits per heavy atom. The van der Waals surface area contributed by atoms with Crippen molar-refractivity contribution in [3.8, 4) is 0 Å². The highest BCUT2D eigenvalue weighted by Crippen LogP contribution is 2.31. The topological polar surface area (TPSA) is 75.5 Å². The van der Waals surface area contributed by atoms with Gasteiger partial charge in [0.2, 0.25) is 11.8 Å². The number of carbonyl (C=O) groups excluding carboxylic acids is 2. The number of likely N-dealkylation sites (N-methyl/N-ethyl adjacent to an activating group) is 1. The van der Waals surface area contributed by atoms with Crippen LogP contribution in [-0.2, 0) is 22.7 Å². The number of benzene rings is 1. The number of carbonyl (C=O) groups is 2. The maximum atomic E-state index is 13.0. The first-order valence-electron chi connectivity index (χ1n) is 9.40. The summed E-state index contributed by atoms with van der Waals surface area (Å²) in [5, 5.41) is 4.17. The van der Waals surface area contributed by atoms with Crippen LogP contribution in [0.5, 0.6) is 0 Å². The van der Waals surface area contributed by atoms with Crippen molar-refractivity contribution in [2.45, 2.75) is 38.3 Å². The molecule has 0 saturated heterocycles. The second-order valence-corrected chi connectivity index (χ2v) is 7.56. The molecule has 1 aliphatic heterocycles. The maximum absolute atomic E-state index is 13.0. The molecule has 8 heteroatoms. The average molecular weight is 401 g/mol. The van der Waals surface area contributed by atoms with Gasteiger partial charge in [0.1, 0.15) is 12.2 Å². The van der Waals surface area contributed by atoms with E-state index in [1.54, 1.807) is 11.1 Å². The fourth-order valence-electron chi connectivity index (χ4n) is 3.14. The summed E-state index contributed by atoms with van der Waals surface area (Å²) in [7, 11) is 0. The number of hydrogen-bond acceptors (Lipinski definition) is 5. The van der Waals surface area contributed by atoms with E-state index >= 15 is 0 Å². The van der Waals surface area contributed by atoms with Gasteiger partial charge in [-0.25, -0.2) is 4.68 Å². The standard InChI is InChI=1S/C20H24N4O3S/c1-3-10-23-18(26)14-28-16-11-21-24(20(27)19(16)23)13-17(25)22(4-2)12-15-8-6-5-7-9-15/h5-9,11H,3-4,10,12-14H2,1-2H3. The van der Waals surface area contributed by atoms with E-state index in [9.17, 15) is 14.4 Å². The molecule has 0 bridgehead atoms. The fraction of sp³-hybridized carbons (Fsp3) is 0.400. The summed E-state index contributed by atoms with van der Waals surface area (Å²) >= 11 is 1.32. The smallest absolute Gasteiger partial charge is 0.292 e. The van der Waals surface area contributed by atoms with Crippen molar-refractivity contribution in [2.24, 2.45) is 0 Å². The molecule has 0 atom stereocenters. The third kappa shape index (κ3) is 4.27. The molecule has 0 aliphatic carbocycles. The van der Waals surface area contributed by atoms with Gasteiger partial charge < -0.3 is 9.80 Å². The van der Waals surface area contributed by atoms with Gasteiger partial charge in [-0.1, -0.05) is 37.3 Å². The van der Waals surface area contributed by atoms with Gasteiger partial charge in [0.15, 0.2) is 0 Å². The van der Waals surface area contributed by atoms with Crippen molar-refractivity contribution < 1.29 is 9.59 Å². The number of thioether (sulfide) groups is 1. The number of hydrogen-bond donors (Lipinski definition) is 0. The first kappa shape index (κ1) is 20.1. The molecule has 1 aliphatic rings. The van der Waals surface area contributed by atoms with Crippen molar-refractivity contribution in [2.75, 3.05) is 23.7 Å². The Bertz CT molecular complexity index is 913. The van der Waals surface area contributed by atoms with E-state index in [0.29, 0.717) is 36.0 Å². The lowest BCUT2D eigenvalue weighted by Crippen LogP contribution is -2.43. The lowest BCUT2D eigenvalue weighted by Gasteiger charge is -2.28. The van der Waals surface area contributed by atoms with E-state index in [0.717, 1.165) is 16.7 Å². The Morgan fingerprint density at radius 2 is 1.96 bits per heavy atom. The Morgan fingerprint density at radius 3 is 2.64 bits per heavy atom. The quantitative estimate of drug-likeness (QED) is 0.712. The number of anilines is 1. The summed E-state index contributed by atoms with van der Waals surface area (Å²) in [5.41, 5.74) is 0.979. The van der Waals surface area contributed by atoms with Crippen LogP contribution in [0, 0.1) is 0 Å². The number of fused-ring (bicyclic) bond motifs is 1. The molecule has 0 fully saturated rings. The van der Waals surface area contributed by atoms with E-state index in [1.165, 1.54) is 16.7 Å². The second kappa shape index (κ2) is 9.05. The van der Waals surface area contributed by atoms with E-state index in [1.807, 2.05) is 44.2 Å². The Hall–Kier alpha value is -2.61. The van der Waals surface area contributed by atoms with Crippen molar-refractivity contribution in [3.63, 3.8) is 0 Å². The molecular formula is C20H24N4O3S. The largest absolute Gasteiger partial charge is 0.337 e. The zero-order valence-electron chi connectivity index (χ0n) is 16.1. The van der Waals surface area contributed by atoms with Crippen LogP contribution < -0.4 is 10.5 Å². The van der Waals surface area contributed by atoms with Gasteiger partial charge in [-0.05, 0) is 18.9 Å². The molecule has 2 heterocycles. The van der Waals surface area contributed by atoms with Crippen LogP contribution in [0.25, 0.3) is 0 Å².